The van der Waals surface area contributed by atoms with Crippen molar-refractivity contribution in [1.82, 2.24) is 10.6 Å². The van der Waals surface area contributed by atoms with Crippen molar-refractivity contribution in [2.45, 2.75) is 38.1 Å². The van der Waals surface area contributed by atoms with Crippen LogP contribution in [0.5, 0.6) is 0 Å². The molecule has 1 saturated carbocycles. The number of carbonyl (C=O) groups excluding carboxylic acids is 4. The predicted molar refractivity (Wildman–Crippen MR) is 107 cm³/mol. The maximum atomic E-state index is 12.4. The zero-order valence-electron chi connectivity index (χ0n) is 16.3. The Kier molecular flexibility index (Phi) is 7.20. The summed E-state index contributed by atoms with van der Waals surface area (Å²) in [6.07, 6.45) is 6.38. The molecule has 1 aromatic carbocycles. The molecular formula is C21H23N3O6. The molecule has 3 N–H and O–H groups in total. The molecular weight excluding hydrogens is 390 g/mol. The van der Waals surface area contributed by atoms with Gasteiger partial charge >= 0.3 is 12.0 Å². The molecule has 158 valence electrons. The van der Waals surface area contributed by atoms with E-state index >= 15 is 0 Å². The highest BCUT2D eigenvalue weighted by atomic mass is 16.5. The van der Waals surface area contributed by atoms with E-state index in [0.717, 1.165) is 32.1 Å². The average molecular weight is 413 g/mol. The highest BCUT2D eigenvalue weighted by Crippen LogP contribution is 2.18. The Morgan fingerprint density at radius 2 is 1.77 bits per heavy atom. The maximum absolute atomic E-state index is 12.4. The second-order valence-electron chi connectivity index (χ2n) is 6.91. The van der Waals surface area contributed by atoms with Crippen molar-refractivity contribution in [2.75, 3.05) is 11.9 Å². The first-order valence-corrected chi connectivity index (χ1v) is 9.74. The van der Waals surface area contributed by atoms with E-state index in [9.17, 15) is 19.2 Å². The van der Waals surface area contributed by atoms with Crippen LogP contribution in [0.1, 0.15) is 53.0 Å². The molecule has 3 rings (SSSR count). The average Bonchev–Trinajstić information content (AvgIpc) is 3.28. The van der Waals surface area contributed by atoms with Crippen LogP contribution in [-0.2, 0) is 9.53 Å². The minimum Gasteiger partial charge on any atom is -0.459 e. The van der Waals surface area contributed by atoms with E-state index in [4.69, 9.17) is 9.15 Å². The largest absolute Gasteiger partial charge is 0.459 e. The summed E-state index contributed by atoms with van der Waals surface area (Å²) >= 11 is 0. The third kappa shape index (κ3) is 5.94. The van der Waals surface area contributed by atoms with Gasteiger partial charge in [-0.05, 0) is 37.1 Å². The number of amides is 4. The molecule has 0 radical (unpaired) electrons. The maximum Gasteiger partial charge on any atom is 0.340 e. The van der Waals surface area contributed by atoms with Crippen LogP contribution in [0.15, 0.2) is 47.1 Å². The van der Waals surface area contributed by atoms with Crippen molar-refractivity contribution in [2.24, 2.45) is 0 Å². The van der Waals surface area contributed by atoms with Crippen LogP contribution in [0.3, 0.4) is 0 Å². The quantitative estimate of drug-likeness (QED) is 0.625. The number of hydrogen-bond donors (Lipinski definition) is 3. The number of rotatable bonds is 6. The number of urea groups is 1. The number of benzene rings is 1. The minimum atomic E-state index is -0.812. The number of ether oxygens (including phenoxy) is 1. The van der Waals surface area contributed by atoms with E-state index in [1.807, 2.05) is 0 Å². The molecule has 9 nitrogen and oxygen atoms in total. The van der Waals surface area contributed by atoms with Crippen LogP contribution in [0.25, 0.3) is 0 Å². The summed E-state index contributed by atoms with van der Waals surface area (Å²) in [5.74, 6) is -2.00. The molecule has 0 atom stereocenters. The molecule has 1 heterocycles. The molecule has 9 heteroatoms. The lowest BCUT2D eigenvalue weighted by atomic mass is 9.96. The van der Waals surface area contributed by atoms with Gasteiger partial charge in [0.05, 0.1) is 17.5 Å². The van der Waals surface area contributed by atoms with Crippen molar-refractivity contribution in [3.8, 4) is 0 Å². The van der Waals surface area contributed by atoms with E-state index in [2.05, 4.69) is 16.0 Å². The van der Waals surface area contributed by atoms with Gasteiger partial charge in [-0.1, -0.05) is 31.4 Å². The highest BCUT2D eigenvalue weighted by Gasteiger charge is 2.19. The zero-order chi connectivity index (χ0) is 21.3. The van der Waals surface area contributed by atoms with Gasteiger partial charge in [-0.15, -0.1) is 0 Å². The normalized spacial score (nSPS) is 13.9. The van der Waals surface area contributed by atoms with E-state index in [-0.39, 0.29) is 23.1 Å². The van der Waals surface area contributed by atoms with Crippen molar-refractivity contribution in [3.05, 3.63) is 54.0 Å². The van der Waals surface area contributed by atoms with Crippen molar-refractivity contribution in [3.63, 3.8) is 0 Å². The minimum absolute atomic E-state index is 0.0544. The second kappa shape index (κ2) is 10.2. The summed E-state index contributed by atoms with van der Waals surface area (Å²) < 4.78 is 10.0. The Hall–Kier alpha value is -3.62. The van der Waals surface area contributed by atoms with E-state index < -0.39 is 30.4 Å². The summed E-state index contributed by atoms with van der Waals surface area (Å²) in [5.41, 5.74) is 0.274. The highest BCUT2D eigenvalue weighted by molar-refractivity contribution is 6.07. The van der Waals surface area contributed by atoms with E-state index in [1.54, 1.807) is 18.2 Å². The zero-order valence-corrected chi connectivity index (χ0v) is 16.3. The molecule has 4 amide bonds. The lowest BCUT2D eigenvalue weighted by Crippen LogP contribution is -2.46. The fourth-order valence-electron chi connectivity index (χ4n) is 3.20. The van der Waals surface area contributed by atoms with Crippen LogP contribution >= 0.6 is 0 Å². The summed E-state index contributed by atoms with van der Waals surface area (Å²) in [5, 5.41) is 7.46. The molecule has 1 fully saturated rings. The fraction of sp³-hybridized carbons (Fsp3) is 0.333. The number of nitrogens with one attached hydrogen (secondary N) is 3. The fourth-order valence-corrected chi connectivity index (χ4v) is 3.20. The van der Waals surface area contributed by atoms with Gasteiger partial charge in [0.2, 0.25) is 0 Å². The van der Waals surface area contributed by atoms with Gasteiger partial charge in [-0.2, -0.15) is 0 Å². The van der Waals surface area contributed by atoms with Gasteiger partial charge in [0, 0.05) is 6.04 Å². The Labute approximate surface area is 173 Å². The number of hydrogen-bond acceptors (Lipinski definition) is 6. The summed E-state index contributed by atoms with van der Waals surface area (Å²) in [7, 11) is 0. The van der Waals surface area contributed by atoms with E-state index in [0.29, 0.717) is 0 Å². The number of anilines is 1. The molecule has 1 aliphatic rings. The van der Waals surface area contributed by atoms with Gasteiger partial charge in [0.25, 0.3) is 11.8 Å². The van der Waals surface area contributed by atoms with Gasteiger partial charge in [0.1, 0.15) is 0 Å². The van der Waals surface area contributed by atoms with Crippen LogP contribution in [0, 0.1) is 0 Å². The van der Waals surface area contributed by atoms with E-state index in [1.165, 1.54) is 24.5 Å². The molecule has 2 aromatic rings. The summed E-state index contributed by atoms with van der Waals surface area (Å²) in [6.45, 7) is -0.628. The molecule has 0 unspecified atom stereocenters. The van der Waals surface area contributed by atoms with Gasteiger partial charge in [0.15, 0.2) is 12.4 Å². The summed E-state index contributed by atoms with van der Waals surface area (Å²) in [6, 6.07) is 8.71. The monoisotopic (exact) mass is 413 g/mol. The SMILES string of the molecule is O=C(COC(=O)c1ccccc1NC(=O)c1ccco1)NC(=O)NC1CCCCC1. The van der Waals surface area contributed by atoms with Gasteiger partial charge in [-0.3, -0.25) is 14.9 Å². The number of furan rings is 1. The predicted octanol–water partition coefficient (Wildman–Crippen LogP) is 2.85. The van der Waals surface area contributed by atoms with Crippen molar-refractivity contribution >= 4 is 29.5 Å². The van der Waals surface area contributed by atoms with Crippen LogP contribution < -0.4 is 16.0 Å². The molecule has 0 spiro atoms. The van der Waals surface area contributed by atoms with Crippen molar-refractivity contribution < 1.29 is 28.3 Å². The summed E-state index contributed by atoms with van der Waals surface area (Å²) in [4.78, 5) is 48.3. The smallest absolute Gasteiger partial charge is 0.340 e. The van der Waals surface area contributed by atoms with Crippen LogP contribution in [-0.4, -0.2) is 36.5 Å². The first-order chi connectivity index (χ1) is 14.5. The third-order valence-corrected chi connectivity index (χ3v) is 4.67. The Morgan fingerprint density at radius 3 is 2.50 bits per heavy atom. The Morgan fingerprint density at radius 1 is 1.00 bits per heavy atom. The molecule has 1 aromatic heterocycles. The van der Waals surface area contributed by atoms with Crippen molar-refractivity contribution in [1.29, 1.82) is 0 Å². The van der Waals surface area contributed by atoms with Gasteiger partial charge in [-0.25, -0.2) is 9.59 Å². The number of carbonyl (C=O) groups is 4. The number of para-hydroxylation sites is 1. The van der Waals surface area contributed by atoms with Crippen LogP contribution in [0.4, 0.5) is 10.5 Å². The van der Waals surface area contributed by atoms with Crippen LogP contribution in [0.2, 0.25) is 0 Å². The lowest BCUT2D eigenvalue weighted by Gasteiger charge is -2.22. The Balaban J connectivity index is 1.50. The molecule has 30 heavy (non-hydrogen) atoms. The van der Waals surface area contributed by atoms with Gasteiger partial charge < -0.3 is 19.8 Å². The Bertz CT molecular complexity index is 903. The molecule has 0 bridgehead atoms. The third-order valence-electron chi connectivity index (χ3n) is 4.67. The standard InChI is InChI=1S/C21H23N3O6/c25-18(24-21(28)22-14-7-2-1-3-8-14)13-30-20(27)15-9-4-5-10-16(15)23-19(26)17-11-6-12-29-17/h4-6,9-12,14H,1-3,7-8,13H2,(H,23,26)(H2,22,24,25,28). The first-order valence-electron chi connectivity index (χ1n) is 9.74. The molecule has 0 saturated heterocycles. The number of imide groups is 1. The lowest BCUT2D eigenvalue weighted by molar-refractivity contribution is -0.123. The second-order valence-corrected chi connectivity index (χ2v) is 6.91. The topological polar surface area (TPSA) is 127 Å². The number of esters is 1. The first kappa shape index (κ1) is 21.1. The molecule has 1 aliphatic carbocycles. The molecule has 0 aliphatic heterocycles.